The molecule has 0 saturated heterocycles. The van der Waals surface area contributed by atoms with Crippen LogP contribution in [-0.2, 0) is 6.18 Å². The van der Waals surface area contributed by atoms with Crippen LogP contribution in [0.4, 0.5) is 43.9 Å². The lowest BCUT2D eigenvalue weighted by Gasteiger charge is -2.31. The molecule has 3 aromatic rings. The molecule has 1 aliphatic rings. The Morgan fingerprint density at radius 2 is 1.53 bits per heavy atom. The van der Waals surface area contributed by atoms with Crippen molar-refractivity contribution in [2.75, 3.05) is 10.6 Å². The minimum atomic E-state index is -4.68. The Bertz CT molecular complexity index is 1170. The fourth-order valence-electron chi connectivity index (χ4n) is 3.63. The third kappa shape index (κ3) is 7.28. The molecular formula is C24H30F6N6. The maximum atomic E-state index is 14.1. The van der Waals surface area contributed by atoms with Crippen LogP contribution in [0.25, 0.3) is 11.5 Å². The van der Waals surface area contributed by atoms with Crippen LogP contribution in [-0.4, -0.2) is 31.6 Å². The molecule has 0 aliphatic heterocycles. The predicted molar refractivity (Wildman–Crippen MR) is 129 cm³/mol. The molecule has 0 atom stereocenters. The molecule has 0 spiro atoms. The van der Waals surface area contributed by atoms with E-state index in [1.165, 1.54) is 19.1 Å². The van der Waals surface area contributed by atoms with E-state index < -0.39 is 29.2 Å². The van der Waals surface area contributed by atoms with Gasteiger partial charge in [0.15, 0.2) is 5.82 Å². The van der Waals surface area contributed by atoms with Gasteiger partial charge in [-0.1, -0.05) is 19.9 Å². The highest BCUT2D eigenvalue weighted by molar-refractivity contribution is 5.59. The minimum Gasteiger partial charge on any atom is -0.351 e. The fourth-order valence-corrected chi connectivity index (χ4v) is 3.63. The van der Waals surface area contributed by atoms with Gasteiger partial charge in [-0.15, -0.1) is 0 Å². The van der Waals surface area contributed by atoms with Crippen LogP contribution < -0.4 is 10.6 Å². The molecule has 0 bridgehead atoms. The summed E-state index contributed by atoms with van der Waals surface area (Å²) in [6.45, 7) is 5.53. The largest absolute Gasteiger partial charge is 0.433 e. The van der Waals surface area contributed by atoms with Gasteiger partial charge in [-0.25, -0.2) is 18.2 Å². The van der Waals surface area contributed by atoms with Gasteiger partial charge in [0.1, 0.15) is 28.7 Å². The molecule has 0 amide bonds. The van der Waals surface area contributed by atoms with Gasteiger partial charge in [0.25, 0.3) is 0 Å². The Hall–Kier alpha value is -3.44. The number of alkyl halides is 4. The Labute approximate surface area is 207 Å². The van der Waals surface area contributed by atoms with Crippen molar-refractivity contribution in [2.24, 2.45) is 0 Å². The molecule has 2 heterocycles. The maximum Gasteiger partial charge on any atom is 0.433 e. The summed E-state index contributed by atoms with van der Waals surface area (Å²) in [7, 11) is 0. The number of aromatic nitrogens is 4. The van der Waals surface area contributed by atoms with Gasteiger partial charge in [0.2, 0.25) is 11.9 Å². The number of rotatable bonds is 5. The zero-order valence-corrected chi connectivity index (χ0v) is 19.9. The van der Waals surface area contributed by atoms with Gasteiger partial charge < -0.3 is 10.6 Å². The fraction of sp³-hybridized carbons (Fsp3) is 0.417. The Balaban J connectivity index is 0.00000176. The van der Waals surface area contributed by atoms with Gasteiger partial charge in [-0.2, -0.15) is 28.1 Å². The molecule has 1 saturated carbocycles. The van der Waals surface area contributed by atoms with Gasteiger partial charge in [-0.05, 0) is 56.9 Å². The van der Waals surface area contributed by atoms with Gasteiger partial charge in [-0.3, -0.25) is 0 Å². The number of pyridine rings is 1. The smallest absolute Gasteiger partial charge is 0.351 e. The van der Waals surface area contributed by atoms with E-state index in [-0.39, 0.29) is 38.0 Å². The van der Waals surface area contributed by atoms with Crippen molar-refractivity contribution in [3.05, 3.63) is 53.7 Å². The first-order valence-corrected chi connectivity index (χ1v) is 11.5. The Morgan fingerprint density at radius 1 is 0.917 bits per heavy atom. The van der Waals surface area contributed by atoms with E-state index in [1.54, 1.807) is 0 Å². The van der Waals surface area contributed by atoms with Gasteiger partial charge >= 0.3 is 6.18 Å². The summed E-state index contributed by atoms with van der Waals surface area (Å²) in [5.41, 5.74) is -2.58. The van der Waals surface area contributed by atoms with Crippen LogP contribution in [0.2, 0.25) is 0 Å². The molecule has 2 N–H and O–H groups in total. The van der Waals surface area contributed by atoms with Crippen molar-refractivity contribution in [3.8, 4) is 11.5 Å². The molecule has 0 radical (unpaired) electrons. The highest BCUT2D eigenvalue weighted by atomic mass is 19.4. The standard InChI is InChI=1S/C22H20F6N6.C2H6.2H2/c1-21(25)7-5-14(6-8-21)29-19-32-18(16-3-2-4-17(31-16)22(26,27)28)33-20(34-19)30-15-10-12(23)9-13(24)11-15;1-2;;/h2-4,9-11,14H,5-8H2,1H3,(H2,29,30,32,33,34);1-2H3;2*1H. The van der Waals surface area contributed by atoms with Crippen molar-refractivity contribution in [1.29, 1.82) is 0 Å². The first-order chi connectivity index (χ1) is 17.0. The number of hydrogen-bond donors (Lipinski definition) is 2. The zero-order valence-electron chi connectivity index (χ0n) is 19.9. The number of nitrogens with zero attached hydrogens (tertiary/aromatic N) is 4. The molecule has 4 rings (SSSR count). The highest BCUT2D eigenvalue weighted by Crippen LogP contribution is 2.33. The average Bonchev–Trinajstić information content (AvgIpc) is 2.80. The summed E-state index contributed by atoms with van der Waals surface area (Å²) in [4.78, 5) is 16.1. The number of nitrogens with one attached hydrogen (secondary N) is 2. The first kappa shape index (κ1) is 27.2. The molecule has 1 aliphatic carbocycles. The molecule has 12 heteroatoms. The number of hydrogen-bond acceptors (Lipinski definition) is 6. The van der Waals surface area contributed by atoms with Crippen molar-refractivity contribution < 1.29 is 29.2 Å². The quantitative estimate of drug-likeness (QED) is 0.341. The summed E-state index contributed by atoms with van der Waals surface area (Å²) in [6.07, 6.45) is -3.04. The van der Waals surface area contributed by atoms with Crippen LogP contribution in [0.1, 0.15) is 55.0 Å². The van der Waals surface area contributed by atoms with E-state index in [0.717, 1.165) is 18.2 Å². The summed E-state index contributed by atoms with van der Waals surface area (Å²) in [6, 6.07) is 5.81. The predicted octanol–water partition coefficient (Wildman–Crippen LogP) is 7.58. The van der Waals surface area contributed by atoms with Crippen molar-refractivity contribution >= 4 is 17.6 Å². The third-order valence-corrected chi connectivity index (χ3v) is 5.38. The van der Waals surface area contributed by atoms with Crippen molar-refractivity contribution in [1.82, 2.24) is 19.9 Å². The second-order valence-corrected chi connectivity index (χ2v) is 8.33. The third-order valence-electron chi connectivity index (χ3n) is 5.38. The normalized spacial score (nSPS) is 19.8. The molecule has 1 aromatic carbocycles. The lowest BCUT2D eigenvalue weighted by molar-refractivity contribution is -0.141. The average molecular weight is 517 g/mol. The van der Waals surface area contributed by atoms with E-state index in [4.69, 9.17) is 0 Å². The molecule has 1 fully saturated rings. The van der Waals surface area contributed by atoms with E-state index >= 15 is 0 Å². The van der Waals surface area contributed by atoms with Crippen LogP contribution in [0.3, 0.4) is 0 Å². The van der Waals surface area contributed by atoms with Crippen molar-refractivity contribution in [2.45, 2.75) is 64.3 Å². The lowest BCUT2D eigenvalue weighted by atomic mass is 9.85. The number of benzene rings is 1. The van der Waals surface area contributed by atoms with E-state index in [0.29, 0.717) is 31.7 Å². The molecule has 6 nitrogen and oxygen atoms in total. The summed E-state index contributed by atoms with van der Waals surface area (Å²) >= 11 is 0. The molecule has 36 heavy (non-hydrogen) atoms. The second kappa shape index (κ2) is 11.1. The zero-order chi connectivity index (χ0) is 26.5. The minimum absolute atomic E-state index is 0. The second-order valence-electron chi connectivity index (χ2n) is 8.33. The monoisotopic (exact) mass is 516 g/mol. The van der Waals surface area contributed by atoms with Crippen LogP contribution in [0.5, 0.6) is 0 Å². The van der Waals surface area contributed by atoms with Crippen LogP contribution in [0.15, 0.2) is 36.4 Å². The van der Waals surface area contributed by atoms with Crippen LogP contribution in [0, 0.1) is 11.6 Å². The topological polar surface area (TPSA) is 75.6 Å². The molecule has 198 valence electrons. The first-order valence-electron chi connectivity index (χ1n) is 11.5. The molecular weight excluding hydrogens is 486 g/mol. The Kier molecular flexibility index (Phi) is 8.36. The highest BCUT2D eigenvalue weighted by Gasteiger charge is 2.33. The maximum absolute atomic E-state index is 14.1. The van der Waals surface area contributed by atoms with Crippen LogP contribution >= 0.6 is 0 Å². The molecule has 2 aromatic heterocycles. The SMILES string of the molecule is CC.CC1(F)CCC(Nc2nc(Nc3cc(F)cc(F)c3)nc(-c3cccc(C(F)(F)F)n3)n2)CC1.[HH].[HH]. The van der Waals surface area contributed by atoms with Gasteiger partial charge in [0, 0.05) is 20.6 Å². The van der Waals surface area contributed by atoms with E-state index in [2.05, 4.69) is 30.6 Å². The van der Waals surface area contributed by atoms with Crippen molar-refractivity contribution in [3.63, 3.8) is 0 Å². The Morgan fingerprint density at radius 3 is 2.14 bits per heavy atom. The summed E-state index contributed by atoms with van der Waals surface area (Å²) in [5, 5.41) is 5.69. The van der Waals surface area contributed by atoms with E-state index in [9.17, 15) is 26.3 Å². The number of halogens is 6. The molecule has 0 unspecified atom stereocenters. The lowest BCUT2D eigenvalue weighted by Crippen LogP contribution is -2.33. The van der Waals surface area contributed by atoms with Gasteiger partial charge in [0.05, 0.1) is 0 Å². The number of anilines is 3. The van der Waals surface area contributed by atoms with E-state index in [1.807, 2.05) is 13.8 Å². The summed E-state index contributed by atoms with van der Waals surface area (Å²) in [5.74, 6) is -2.02. The summed E-state index contributed by atoms with van der Waals surface area (Å²) < 4.78 is 80.7.